The van der Waals surface area contributed by atoms with Crippen LogP contribution in [0, 0.1) is 30.6 Å². The molecular weight excluding hydrogens is 799 g/mol. The number of rotatable bonds is 4. The Kier molecular flexibility index (Phi) is 14.0. The van der Waals surface area contributed by atoms with Crippen molar-refractivity contribution in [2.75, 3.05) is 12.4 Å². The van der Waals surface area contributed by atoms with E-state index in [2.05, 4.69) is 38.3 Å². The van der Waals surface area contributed by atoms with Crippen LogP contribution in [0.25, 0.3) is 10.8 Å². The molecule has 5 bridgehead atoms. The number of aliphatic imine (C=N–C) groups is 1. The molecule has 0 saturated carbocycles. The van der Waals surface area contributed by atoms with E-state index in [1.165, 1.54) is 59.4 Å². The number of esters is 1. The van der Waals surface area contributed by atoms with Gasteiger partial charge in [0, 0.05) is 78.4 Å². The number of ether oxygens (including phenoxy) is 4. The summed E-state index contributed by atoms with van der Waals surface area (Å²) < 4.78 is 23.7. The fourth-order valence-corrected chi connectivity index (χ4v) is 9.43. The maximum atomic E-state index is 14.5. The summed E-state index contributed by atoms with van der Waals surface area (Å²) in [5.74, 6) is -8.33. The van der Waals surface area contributed by atoms with Gasteiger partial charge in [0.25, 0.3) is 11.7 Å². The van der Waals surface area contributed by atoms with Gasteiger partial charge in [0.1, 0.15) is 23.4 Å². The standard InChI is InChI=1S/C47H65N3O12/c1-22-15-14-16-23(2)44(58)49-35-30(21-48-29-19-45(8,9)50-46(10,11)20-29)39(55)32-33(40(35)56)38(54)27(6)42-34(32)43(57)47(12,62-42)60-18-17-31(59-13)24(3)41(61-28(7)51)26(5)37(53)25(4)36(22)52/h14-18,21-22,24-26,29,31,36-37,41,50,52-56H,19-20H2,1-13H3,(H,49,58)/b15-14+,18-17+,23-16-,48-21?. The summed E-state index contributed by atoms with van der Waals surface area (Å²) in [6.45, 7) is 20.8. The van der Waals surface area contributed by atoms with E-state index in [4.69, 9.17) is 23.9 Å². The minimum Gasteiger partial charge on any atom is -0.507 e. The van der Waals surface area contributed by atoms with Crippen molar-refractivity contribution in [2.45, 2.75) is 143 Å². The summed E-state index contributed by atoms with van der Waals surface area (Å²) in [5.41, 5.74) is -0.884. The lowest BCUT2D eigenvalue weighted by Crippen LogP contribution is -2.58. The van der Waals surface area contributed by atoms with Crippen LogP contribution in [0.4, 0.5) is 5.69 Å². The third-order valence-corrected chi connectivity index (χ3v) is 12.6. The number of methoxy groups -OCH3 is 1. The predicted molar refractivity (Wildman–Crippen MR) is 236 cm³/mol. The van der Waals surface area contributed by atoms with Crippen molar-refractivity contribution in [1.82, 2.24) is 5.32 Å². The normalized spacial score (nSPS) is 32.8. The van der Waals surface area contributed by atoms with E-state index in [9.17, 15) is 39.9 Å². The number of hydrogen-bond acceptors (Lipinski definition) is 14. The highest BCUT2D eigenvalue weighted by atomic mass is 16.7. The SMILES string of the molecule is COC1/C=C/OC2(C)Oc3c(C)c(O)c4c(O)c(c(C=NC5CC(C)(C)NC(C)(C)C5)c(O)c4c3C2=O)NC(=O)/C(C)=C\C=C\C(C)C(O)C(C)C(O)C(C)C(OC(C)=O)C1C. The number of carbonyl (C=O) groups is 3. The number of phenolic OH excluding ortho intramolecular Hbond substituents is 3. The quantitative estimate of drug-likeness (QED) is 0.0757. The van der Waals surface area contributed by atoms with Gasteiger partial charge in [-0.15, -0.1) is 0 Å². The molecular formula is C47H65N3O12. The largest absolute Gasteiger partial charge is 0.507 e. The number of nitrogens with one attached hydrogen (secondary N) is 2. The number of fused-ring (bicyclic) bond motifs is 14. The monoisotopic (exact) mass is 863 g/mol. The first kappa shape index (κ1) is 48.1. The third-order valence-electron chi connectivity index (χ3n) is 12.6. The molecule has 1 fully saturated rings. The fraction of sp³-hybridized carbons (Fsp3) is 0.574. The summed E-state index contributed by atoms with van der Waals surface area (Å²) in [6, 6.07) is -0.243. The van der Waals surface area contributed by atoms with Crippen molar-refractivity contribution in [2.24, 2.45) is 28.7 Å². The molecule has 9 unspecified atom stereocenters. The smallest absolute Gasteiger partial charge is 0.312 e. The Labute approximate surface area is 363 Å². The number of aromatic hydroxyl groups is 3. The minimum atomic E-state index is -2.05. The molecule has 340 valence electrons. The molecule has 4 heterocycles. The molecule has 62 heavy (non-hydrogen) atoms. The molecule has 0 aliphatic carbocycles. The van der Waals surface area contributed by atoms with Gasteiger partial charge in [-0.3, -0.25) is 19.4 Å². The zero-order valence-corrected chi connectivity index (χ0v) is 38.1. The van der Waals surface area contributed by atoms with Crippen molar-refractivity contribution < 1.29 is 58.9 Å². The van der Waals surface area contributed by atoms with Gasteiger partial charge in [0.05, 0.1) is 52.8 Å². The van der Waals surface area contributed by atoms with E-state index in [1.54, 1.807) is 39.8 Å². The summed E-state index contributed by atoms with van der Waals surface area (Å²) in [4.78, 5) is 45.7. The molecule has 4 aliphatic heterocycles. The highest BCUT2D eigenvalue weighted by Crippen LogP contribution is 2.55. The molecule has 15 heteroatoms. The molecule has 6 rings (SSSR count). The number of aliphatic hydroxyl groups excluding tert-OH is 2. The lowest BCUT2D eigenvalue weighted by atomic mass is 9.78. The van der Waals surface area contributed by atoms with Gasteiger partial charge < -0.3 is 55.1 Å². The average Bonchev–Trinajstić information content (AvgIpc) is 3.44. The lowest BCUT2D eigenvalue weighted by Gasteiger charge is -2.45. The number of nitrogens with zero attached hydrogens (tertiary/aromatic N) is 1. The summed E-state index contributed by atoms with van der Waals surface area (Å²) in [7, 11) is 1.44. The lowest BCUT2D eigenvalue weighted by molar-refractivity contribution is -0.160. The summed E-state index contributed by atoms with van der Waals surface area (Å²) in [6.07, 6.45) is 6.22. The second-order valence-corrected chi connectivity index (χ2v) is 18.9. The van der Waals surface area contributed by atoms with Crippen molar-refractivity contribution in [3.63, 3.8) is 0 Å². The molecule has 2 aromatic rings. The van der Waals surface area contributed by atoms with E-state index >= 15 is 0 Å². The Morgan fingerprint density at radius 1 is 0.887 bits per heavy atom. The molecule has 9 atom stereocenters. The van der Waals surface area contributed by atoms with Crippen molar-refractivity contribution in [3.8, 4) is 23.0 Å². The summed E-state index contributed by atoms with van der Waals surface area (Å²) >= 11 is 0. The van der Waals surface area contributed by atoms with Gasteiger partial charge in [-0.05, 0) is 60.5 Å². The first-order valence-electron chi connectivity index (χ1n) is 21.2. The second-order valence-electron chi connectivity index (χ2n) is 18.9. The van der Waals surface area contributed by atoms with Crippen LogP contribution in [0.1, 0.15) is 110 Å². The van der Waals surface area contributed by atoms with Crippen molar-refractivity contribution in [3.05, 3.63) is 52.8 Å². The molecule has 15 nitrogen and oxygen atoms in total. The molecule has 0 aromatic heterocycles. The van der Waals surface area contributed by atoms with E-state index in [1.807, 2.05) is 0 Å². The van der Waals surface area contributed by atoms with E-state index < -0.39 is 88.8 Å². The zero-order chi connectivity index (χ0) is 46.4. The van der Waals surface area contributed by atoms with Gasteiger partial charge in [-0.1, -0.05) is 45.9 Å². The van der Waals surface area contributed by atoms with E-state index in [0.29, 0.717) is 12.8 Å². The topological polar surface area (TPSA) is 226 Å². The van der Waals surface area contributed by atoms with Gasteiger partial charge in [0.15, 0.2) is 5.75 Å². The number of ketones is 1. The number of piperidine rings is 1. The van der Waals surface area contributed by atoms with Crippen LogP contribution >= 0.6 is 0 Å². The van der Waals surface area contributed by atoms with Crippen molar-refractivity contribution >= 4 is 40.3 Å². The van der Waals surface area contributed by atoms with Crippen LogP contribution in [0.15, 0.2) is 41.1 Å². The molecule has 1 amide bonds. The number of hydrogen-bond donors (Lipinski definition) is 7. The fourth-order valence-electron chi connectivity index (χ4n) is 9.43. The number of phenols is 3. The molecule has 4 aliphatic rings. The molecule has 0 spiro atoms. The van der Waals surface area contributed by atoms with E-state index in [-0.39, 0.29) is 61.6 Å². The number of Topliss-reactive ketones (excluding diaryl/α,β-unsaturated/α-hetero) is 1. The average molecular weight is 864 g/mol. The Hall–Kier alpha value is -4.96. The van der Waals surface area contributed by atoms with Crippen LogP contribution in [-0.2, 0) is 23.8 Å². The number of carbonyl (C=O) groups excluding carboxylic acids is 3. The number of allylic oxidation sites excluding steroid dienone is 2. The Morgan fingerprint density at radius 3 is 2.11 bits per heavy atom. The highest BCUT2D eigenvalue weighted by Gasteiger charge is 2.50. The predicted octanol–water partition coefficient (Wildman–Crippen LogP) is 6.48. The van der Waals surface area contributed by atoms with Crippen LogP contribution in [0.3, 0.4) is 0 Å². The van der Waals surface area contributed by atoms with Gasteiger partial charge in [-0.25, -0.2) is 0 Å². The summed E-state index contributed by atoms with van der Waals surface area (Å²) in [5, 5.41) is 64.7. The zero-order valence-electron chi connectivity index (χ0n) is 38.1. The van der Waals surface area contributed by atoms with Crippen LogP contribution in [0.2, 0.25) is 0 Å². The van der Waals surface area contributed by atoms with Crippen LogP contribution in [0.5, 0.6) is 23.0 Å². The van der Waals surface area contributed by atoms with Crippen LogP contribution in [-0.4, -0.2) is 104 Å². The highest BCUT2D eigenvalue weighted by molar-refractivity contribution is 6.23. The molecule has 7 N–H and O–H groups in total. The van der Waals surface area contributed by atoms with Gasteiger partial charge >= 0.3 is 11.8 Å². The third kappa shape index (κ3) is 9.51. The van der Waals surface area contributed by atoms with Gasteiger partial charge in [-0.2, -0.15) is 0 Å². The Morgan fingerprint density at radius 2 is 1.52 bits per heavy atom. The minimum absolute atomic E-state index is 0.0575. The maximum absolute atomic E-state index is 14.5. The van der Waals surface area contributed by atoms with Gasteiger partial charge in [0.2, 0.25) is 0 Å². The Bertz CT molecular complexity index is 2190. The maximum Gasteiger partial charge on any atom is 0.312 e. The number of benzene rings is 2. The number of aliphatic hydroxyl groups is 2. The molecule has 2 aromatic carbocycles. The van der Waals surface area contributed by atoms with Crippen LogP contribution < -0.4 is 15.4 Å². The number of amides is 1. The number of anilines is 1. The first-order valence-corrected chi connectivity index (χ1v) is 21.2. The second kappa shape index (κ2) is 18.0. The molecule has 1 saturated heterocycles. The molecule has 0 radical (unpaired) electrons. The van der Waals surface area contributed by atoms with Crippen molar-refractivity contribution in [1.29, 1.82) is 0 Å². The van der Waals surface area contributed by atoms with E-state index in [0.717, 1.165) is 0 Å². The first-order chi connectivity index (χ1) is 28.8. The Balaban J connectivity index is 1.73.